The van der Waals surface area contributed by atoms with Crippen molar-refractivity contribution in [1.82, 2.24) is 4.90 Å². The SMILES string of the molecule is CCOc1ccc(C(=O)N2CC[C@H](N)C2)cc1.Cl. The molecule has 4 nitrogen and oxygen atoms in total. The Kier molecular flexibility index (Phi) is 5.44. The van der Waals surface area contributed by atoms with Crippen LogP contribution in [0.15, 0.2) is 24.3 Å². The van der Waals surface area contributed by atoms with E-state index in [4.69, 9.17) is 10.5 Å². The first-order chi connectivity index (χ1) is 8.20. The van der Waals surface area contributed by atoms with Gasteiger partial charge in [-0.25, -0.2) is 0 Å². The van der Waals surface area contributed by atoms with Crippen LogP contribution in [0.1, 0.15) is 23.7 Å². The molecule has 100 valence electrons. The Balaban J connectivity index is 0.00000162. The number of amides is 1. The van der Waals surface area contributed by atoms with Crippen LogP contribution in [0.25, 0.3) is 0 Å². The number of likely N-dealkylation sites (tertiary alicyclic amines) is 1. The van der Waals surface area contributed by atoms with Crippen LogP contribution < -0.4 is 10.5 Å². The Hall–Kier alpha value is -1.26. The van der Waals surface area contributed by atoms with E-state index in [1.807, 2.05) is 19.1 Å². The molecule has 1 saturated heterocycles. The second-order valence-electron chi connectivity index (χ2n) is 4.26. The van der Waals surface area contributed by atoms with Crippen molar-refractivity contribution in [3.63, 3.8) is 0 Å². The van der Waals surface area contributed by atoms with Gasteiger partial charge in [-0.3, -0.25) is 4.79 Å². The number of hydrogen-bond acceptors (Lipinski definition) is 3. The lowest BCUT2D eigenvalue weighted by atomic mass is 10.2. The molecule has 1 aliphatic heterocycles. The van der Waals surface area contributed by atoms with E-state index in [0.29, 0.717) is 18.7 Å². The number of nitrogens with two attached hydrogens (primary N) is 1. The highest BCUT2D eigenvalue weighted by Crippen LogP contribution is 2.16. The van der Waals surface area contributed by atoms with Gasteiger partial charge in [0.05, 0.1) is 6.61 Å². The highest BCUT2D eigenvalue weighted by molar-refractivity contribution is 5.94. The zero-order chi connectivity index (χ0) is 12.3. The lowest BCUT2D eigenvalue weighted by Crippen LogP contribution is -2.31. The molecule has 1 aromatic rings. The van der Waals surface area contributed by atoms with Gasteiger partial charge >= 0.3 is 0 Å². The van der Waals surface area contributed by atoms with Crippen molar-refractivity contribution >= 4 is 18.3 Å². The molecule has 5 heteroatoms. The van der Waals surface area contributed by atoms with Crippen molar-refractivity contribution < 1.29 is 9.53 Å². The number of halogens is 1. The van der Waals surface area contributed by atoms with Gasteiger partial charge in [-0.15, -0.1) is 12.4 Å². The predicted octanol–water partition coefficient (Wildman–Crippen LogP) is 1.68. The maximum atomic E-state index is 12.1. The Morgan fingerprint density at radius 3 is 2.61 bits per heavy atom. The van der Waals surface area contributed by atoms with Crippen LogP contribution in [0.2, 0.25) is 0 Å². The Labute approximate surface area is 114 Å². The molecule has 0 bridgehead atoms. The molecule has 0 unspecified atom stereocenters. The average molecular weight is 271 g/mol. The van der Waals surface area contributed by atoms with Gasteiger partial charge in [0.15, 0.2) is 0 Å². The standard InChI is InChI=1S/C13H18N2O2.ClH/c1-2-17-12-5-3-10(4-6-12)13(16)15-8-7-11(14)9-15;/h3-6,11H,2,7-9,14H2,1H3;1H/t11-;/m0./s1. The average Bonchev–Trinajstić information content (AvgIpc) is 2.76. The van der Waals surface area contributed by atoms with Gasteiger partial charge in [0, 0.05) is 24.7 Å². The highest BCUT2D eigenvalue weighted by atomic mass is 35.5. The first-order valence-electron chi connectivity index (χ1n) is 5.98. The zero-order valence-electron chi connectivity index (χ0n) is 10.5. The smallest absolute Gasteiger partial charge is 0.253 e. The molecule has 0 radical (unpaired) electrons. The minimum Gasteiger partial charge on any atom is -0.494 e. The molecule has 1 atom stereocenters. The summed E-state index contributed by atoms with van der Waals surface area (Å²) in [4.78, 5) is 13.9. The number of ether oxygens (including phenoxy) is 1. The molecule has 1 heterocycles. The van der Waals surface area contributed by atoms with Gasteiger partial charge < -0.3 is 15.4 Å². The van der Waals surface area contributed by atoms with Crippen molar-refractivity contribution in [2.45, 2.75) is 19.4 Å². The molecule has 2 rings (SSSR count). The maximum absolute atomic E-state index is 12.1. The van der Waals surface area contributed by atoms with Crippen LogP contribution in [-0.2, 0) is 0 Å². The molecule has 0 spiro atoms. The van der Waals surface area contributed by atoms with E-state index in [0.717, 1.165) is 18.7 Å². The van der Waals surface area contributed by atoms with Crippen LogP contribution >= 0.6 is 12.4 Å². The molecule has 2 N–H and O–H groups in total. The fraction of sp³-hybridized carbons (Fsp3) is 0.462. The number of benzene rings is 1. The van der Waals surface area contributed by atoms with E-state index >= 15 is 0 Å². The largest absolute Gasteiger partial charge is 0.494 e. The quantitative estimate of drug-likeness (QED) is 0.909. The van der Waals surface area contributed by atoms with E-state index in [1.54, 1.807) is 17.0 Å². The zero-order valence-corrected chi connectivity index (χ0v) is 11.3. The minimum absolute atomic E-state index is 0. The van der Waals surface area contributed by atoms with Gasteiger partial charge in [-0.2, -0.15) is 0 Å². The predicted molar refractivity (Wildman–Crippen MR) is 73.4 cm³/mol. The van der Waals surface area contributed by atoms with Gasteiger partial charge in [0.2, 0.25) is 0 Å². The third-order valence-electron chi connectivity index (χ3n) is 2.92. The molecule has 0 aliphatic carbocycles. The number of carbonyl (C=O) groups excluding carboxylic acids is 1. The monoisotopic (exact) mass is 270 g/mol. The van der Waals surface area contributed by atoms with E-state index in [1.165, 1.54) is 0 Å². The van der Waals surface area contributed by atoms with Gasteiger partial charge in [0.25, 0.3) is 5.91 Å². The lowest BCUT2D eigenvalue weighted by molar-refractivity contribution is 0.0791. The summed E-state index contributed by atoms with van der Waals surface area (Å²) in [5, 5.41) is 0. The third kappa shape index (κ3) is 3.37. The van der Waals surface area contributed by atoms with Crippen LogP contribution in [-0.4, -0.2) is 36.5 Å². The van der Waals surface area contributed by atoms with E-state index in [9.17, 15) is 4.79 Å². The third-order valence-corrected chi connectivity index (χ3v) is 2.92. The topological polar surface area (TPSA) is 55.6 Å². The van der Waals surface area contributed by atoms with Gasteiger partial charge in [-0.1, -0.05) is 0 Å². The molecule has 0 saturated carbocycles. The van der Waals surface area contributed by atoms with Gasteiger partial charge in [0.1, 0.15) is 5.75 Å². The second-order valence-corrected chi connectivity index (χ2v) is 4.26. The maximum Gasteiger partial charge on any atom is 0.253 e. The van der Waals surface area contributed by atoms with Crippen LogP contribution in [0.3, 0.4) is 0 Å². The molecule has 1 amide bonds. The summed E-state index contributed by atoms with van der Waals surface area (Å²) < 4.78 is 5.34. The normalized spacial score (nSPS) is 18.3. The van der Waals surface area contributed by atoms with Crippen LogP contribution in [0.4, 0.5) is 0 Å². The summed E-state index contributed by atoms with van der Waals surface area (Å²) in [7, 11) is 0. The first-order valence-corrected chi connectivity index (χ1v) is 5.98. The number of carbonyl (C=O) groups is 1. The number of nitrogens with zero attached hydrogens (tertiary/aromatic N) is 1. The fourth-order valence-corrected chi connectivity index (χ4v) is 2.01. The number of hydrogen-bond donors (Lipinski definition) is 1. The summed E-state index contributed by atoms with van der Waals surface area (Å²) in [6.07, 6.45) is 0.892. The summed E-state index contributed by atoms with van der Waals surface area (Å²) in [6, 6.07) is 7.38. The van der Waals surface area contributed by atoms with E-state index in [-0.39, 0.29) is 24.4 Å². The Bertz CT molecular complexity index is 394. The first kappa shape index (κ1) is 14.8. The summed E-state index contributed by atoms with van der Waals surface area (Å²) >= 11 is 0. The fourth-order valence-electron chi connectivity index (χ4n) is 2.01. The Morgan fingerprint density at radius 1 is 1.44 bits per heavy atom. The molecular formula is C13H19ClN2O2. The molecule has 1 aliphatic rings. The molecule has 18 heavy (non-hydrogen) atoms. The summed E-state index contributed by atoms with van der Waals surface area (Å²) in [6.45, 7) is 3.98. The van der Waals surface area contributed by atoms with Crippen molar-refractivity contribution in [2.75, 3.05) is 19.7 Å². The van der Waals surface area contributed by atoms with Gasteiger partial charge in [-0.05, 0) is 37.6 Å². The Morgan fingerprint density at radius 2 is 2.11 bits per heavy atom. The summed E-state index contributed by atoms with van der Waals surface area (Å²) in [5.74, 6) is 0.850. The molecule has 0 aromatic heterocycles. The molecule has 1 fully saturated rings. The van der Waals surface area contributed by atoms with Crippen LogP contribution in [0, 0.1) is 0 Å². The second kappa shape index (κ2) is 6.61. The van der Waals surface area contributed by atoms with Crippen molar-refractivity contribution in [2.24, 2.45) is 5.73 Å². The van der Waals surface area contributed by atoms with Crippen molar-refractivity contribution in [3.05, 3.63) is 29.8 Å². The van der Waals surface area contributed by atoms with Crippen molar-refractivity contribution in [3.8, 4) is 5.75 Å². The minimum atomic E-state index is 0. The van der Waals surface area contributed by atoms with Crippen LogP contribution in [0.5, 0.6) is 5.75 Å². The van der Waals surface area contributed by atoms with Crippen molar-refractivity contribution in [1.29, 1.82) is 0 Å². The molecular weight excluding hydrogens is 252 g/mol. The number of rotatable bonds is 3. The van der Waals surface area contributed by atoms with E-state index < -0.39 is 0 Å². The van der Waals surface area contributed by atoms with E-state index in [2.05, 4.69) is 0 Å². The highest BCUT2D eigenvalue weighted by Gasteiger charge is 2.24. The molecule has 1 aromatic carbocycles. The lowest BCUT2D eigenvalue weighted by Gasteiger charge is -2.15. The summed E-state index contributed by atoms with van der Waals surface area (Å²) in [5.41, 5.74) is 6.49.